The second-order valence-corrected chi connectivity index (χ2v) is 6.13. The number of thioether (sulfide) groups is 1. The van der Waals surface area contributed by atoms with Crippen molar-refractivity contribution in [2.45, 2.75) is 31.9 Å². The van der Waals surface area contributed by atoms with E-state index in [1.54, 1.807) is 7.11 Å². The van der Waals surface area contributed by atoms with Gasteiger partial charge in [-0.3, -0.25) is 0 Å². The average molecular weight is 295 g/mol. The van der Waals surface area contributed by atoms with E-state index < -0.39 is 0 Å². The number of nitrogens with one attached hydrogen (secondary N) is 1. The van der Waals surface area contributed by atoms with Gasteiger partial charge < -0.3 is 14.8 Å². The molecule has 4 heteroatoms. The fourth-order valence-corrected chi connectivity index (χ4v) is 3.68. The molecule has 0 spiro atoms. The summed E-state index contributed by atoms with van der Waals surface area (Å²) in [4.78, 5) is 0. The van der Waals surface area contributed by atoms with Crippen LogP contribution in [0.15, 0.2) is 24.3 Å². The van der Waals surface area contributed by atoms with E-state index in [-0.39, 0.29) is 0 Å². The molecule has 2 unspecified atom stereocenters. The highest BCUT2D eigenvalue weighted by molar-refractivity contribution is 7.99. The number of hydrogen-bond donors (Lipinski definition) is 1. The van der Waals surface area contributed by atoms with Crippen LogP contribution < -0.4 is 10.1 Å². The molecule has 112 valence electrons. The number of ether oxygens (including phenoxy) is 2. The molecule has 1 aliphatic heterocycles. The highest BCUT2D eigenvalue weighted by atomic mass is 32.2. The fourth-order valence-electron chi connectivity index (χ4n) is 2.47. The molecule has 1 fully saturated rings. The molecule has 0 bridgehead atoms. The lowest BCUT2D eigenvalue weighted by Crippen LogP contribution is -2.23. The fraction of sp³-hybridized carbons (Fsp3) is 0.625. The van der Waals surface area contributed by atoms with Gasteiger partial charge in [0.1, 0.15) is 5.75 Å². The van der Waals surface area contributed by atoms with Crippen LogP contribution in [-0.4, -0.2) is 37.9 Å². The molecule has 0 radical (unpaired) electrons. The highest BCUT2D eigenvalue weighted by Crippen LogP contribution is 2.24. The first-order valence-electron chi connectivity index (χ1n) is 7.40. The molecule has 0 aromatic heterocycles. The first-order valence-corrected chi connectivity index (χ1v) is 8.55. The number of hydrogen-bond acceptors (Lipinski definition) is 4. The Labute approximate surface area is 126 Å². The van der Waals surface area contributed by atoms with E-state index in [1.165, 1.54) is 18.4 Å². The molecule has 20 heavy (non-hydrogen) atoms. The van der Waals surface area contributed by atoms with Crippen molar-refractivity contribution in [2.24, 2.45) is 0 Å². The number of benzene rings is 1. The lowest BCUT2D eigenvalue weighted by molar-refractivity contribution is 0.129. The third-order valence-electron chi connectivity index (χ3n) is 3.56. The Hall–Kier alpha value is -0.710. The maximum Gasteiger partial charge on any atom is 0.119 e. The summed E-state index contributed by atoms with van der Waals surface area (Å²) in [5, 5.41) is 3.56. The van der Waals surface area contributed by atoms with Crippen molar-refractivity contribution in [3.8, 4) is 5.75 Å². The molecule has 1 aromatic rings. The van der Waals surface area contributed by atoms with E-state index in [0.717, 1.165) is 30.4 Å². The standard InChI is InChI=1S/C16H25NO2S/c1-3-17-16(12-20-11-15-8-5-9-19-15)13-6-4-7-14(10-13)18-2/h4,6-7,10,15-17H,3,5,8-9,11-12H2,1-2H3. The van der Waals surface area contributed by atoms with Crippen LogP contribution in [0.25, 0.3) is 0 Å². The van der Waals surface area contributed by atoms with Gasteiger partial charge in [-0.2, -0.15) is 11.8 Å². The summed E-state index contributed by atoms with van der Waals surface area (Å²) in [6, 6.07) is 8.72. The van der Waals surface area contributed by atoms with Crippen LogP contribution in [-0.2, 0) is 4.74 Å². The van der Waals surface area contributed by atoms with Crippen LogP contribution in [0.5, 0.6) is 5.75 Å². The van der Waals surface area contributed by atoms with Gasteiger partial charge in [-0.05, 0) is 37.1 Å². The number of rotatable bonds is 8. The Morgan fingerprint density at radius 1 is 1.50 bits per heavy atom. The summed E-state index contributed by atoms with van der Waals surface area (Å²) >= 11 is 1.98. The third-order valence-corrected chi connectivity index (χ3v) is 4.74. The van der Waals surface area contributed by atoms with Crippen molar-refractivity contribution >= 4 is 11.8 Å². The SMILES string of the molecule is CCNC(CSCC1CCCO1)c1cccc(OC)c1. The Balaban J connectivity index is 1.87. The summed E-state index contributed by atoms with van der Waals surface area (Å²) in [5.74, 6) is 3.10. The Kier molecular flexibility index (Phi) is 6.70. The van der Waals surface area contributed by atoms with Crippen molar-refractivity contribution in [3.05, 3.63) is 29.8 Å². The quantitative estimate of drug-likeness (QED) is 0.797. The Bertz CT molecular complexity index is 394. The normalized spacial score (nSPS) is 20.0. The molecule has 1 aromatic carbocycles. The van der Waals surface area contributed by atoms with Crippen LogP contribution in [0, 0.1) is 0 Å². The molecule has 1 aliphatic rings. The minimum absolute atomic E-state index is 0.376. The zero-order chi connectivity index (χ0) is 14.2. The van der Waals surface area contributed by atoms with Gasteiger partial charge in [0.2, 0.25) is 0 Å². The van der Waals surface area contributed by atoms with Gasteiger partial charge in [-0.1, -0.05) is 19.1 Å². The topological polar surface area (TPSA) is 30.5 Å². The summed E-state index contributed by atoms with van der Waals surface area (Å²) in [7, 11) is 1.72. The average Bonchev–Trinajstić information content (AvgIpc) is 3.00. The van der Waals surface area contributed by atoms with E-state index in [0.29, 0.717) is 12.1 Å². The van der Waals surface area contributed by atoms with Gasteiger partial charge in [-0.25, -0.2) is 0 Å². The van der Waals surface area contributed by atoms with Gasteiger partial charge >= 0.3 is 0 Å². The molecular formula is C16H25NO2S. The molecule has 1 heterocycles. The van der Waals surface area contributed by atoms with E-state index in [2.05, 4.69) is 30.4 Å². The molecule has 1 saturated heterocycles. The maximum atomic E-state index is 5.68. The molecule has 1 N–H and O–H groups in total. The van der Waals surface area contributed by atoms with Crippen molar-refractivity contribution < 1.29 is 9.47 Å². The minimum atomic E-state index is 0.376. The van der Waals surface area contributed by atoms with Crippen LogP contribution >= 0.6 is 11.8 Å². The second-order valence-electron chi connectivity index (χ2n) is 5.06. The van der Waals surface area contributed by atoms with Gasteiger partial charge in [-0.15, -0.1) is 0 Å². The molecular weight excluding hydrogens is 270 g/mol. The maximum absolute atomic E-state index is 5.68. The first kappa shape index (κ1) is 15.7. The summed E-state index contributed by atoms with van der Waals surface area (Å²) in [6.45, 7) is 4.07. The minimum Gasteiger partial charge on any atom is -0.497 e. The summed E-state index contributed by atoms with van der Waals surface area (Å²) in [6.07, 6.45) is 2.91. The van der Waals surface area contributed by atoms with Crippen molar-refractivity contribution in [1.29, 1.82) is 0 Å². The Morgan fingerprint density at radius 2 is 2.40 bits per heavy atom. The van der Waals surface area contributed by atoms with Gasteiger partial charge in [0, 0.05) is 24.2 Å². The third kappa shape index (κ3) is 4.69. The molecule has 2 atom stereocenters. The van der Waals surface area contributed by atoms with Gasteiger partial charge in [0.15, 0.2) is 0 Å². The second kappa shape index (κ2) is 8.55. The largest absolute Gasteiger partial charge is 0.497 e. The zero-order valence-electron chi connectivity index (χ0n) is 12.4. The van der Waals surface area contributed by atoms with Crippen LogP contribution in [0.3, 0.4) is 0 Å². The molecule has 0 aliphatic carbocycles. The van der Waals surface area contributed by atoms with Crippen molar-refractivity contribution in [3.63, 3.8) is 0 Å². The smallest absolute Gasteiger partial charge is 0.119 e. The van der Waals surface area contributed by atoms with Crippen LogP contribution in [0.1, 0.15) is 31.4 Å². The van der Waals surface area contributed by atoms with E-state index >= 15 is 0 Å². The van der Waals surface area contributed by atoms with Crippen LogP contribution in [0.2, 0.25) is 0 Å². The highest BCUT2D eigenvalue weighted by Gasteiger charge is 2.17. The van der Waals surface area contributed by atoms with Gasteiger partial charge in [0.05, 0.1) is 13.2 Å². The zero-order valence-corrected chi connectivity index (χ0v) is 13.2. The lowest BCUT2D eigenvalue weighted by Gasteiger charge is -2.19. The summed E-state index contributed by atoms with van der Waals surface area (Å²) < 4.78 is 11.0. The predicted molar refractivity (Wildman–Crippen MR) is 85.7 cm³/mol. The first-order chi connectivity index (χ1) is 9.83. The van der Waals surface area contributed by atoms with Crippen molar-refractivity contribution in [1.82, 2.24) is 5.32 Å². The van der Waals surface area contributed by atoms with Crippen molar-refractivity contribution in [2.75, 3.05) is 31.8 Å². The van der Waals surface area contributed by atoms with Gasteiger partial charge in [0.25, 0.3) is 0 Å². The summed E-state index contributed by atoms with van der Waals surface area (Å²) in [5.41, 5.74) is 1.30. The number of methoxy groups -OCH3 is 1. The van der Waals surface area contributed by atoms with E-state index in [1.807, 2.05) is 17.8 Å². The molecule has 2 rings (SSSR count). The van der Waals surface area contributed by atoms with E-state index in [9.17, 15) is 0 Å². The molecule has 0 amide bonds. The lowest BCUT2D eigenvalue weighted by atomic mass is 10.1. The van der Waals surface area contributed by atoms with E-state index in [4.69, 9.17) is 9.47 Å². The molecule has 3 nitrogen and oxygen atoms in total. The predicted octanol–water partition coefficient (Wildman–Crippen LogP) is 3.26. The van der Waals surface area contributed by atoms with Crippen LogP contribution in [0.4, 0.5) is 0 Å². The monoisotopic (exact) mass is 295 g/mol. The Morgan fingerprint density at radius 3 is 3.10 bits per heavy atom. The molecule has 0 saturated carbocycles.